The summed E-state index contributed by atoms with van der Waals surface area (Å²) in [6, 6.07) is 5.20. The van der Waals surface area contributed by atoms with Crippen molar-refractivity contribution in [2.45, 2.75) is 26.7 Å². The van der Waals surface area contributed by atoms with Crippen molar-refractivity contribution in [3.05, 3.63) is 34.9 Å². The maximum atomic E-state index is 12.2. The minimum Gasteiger partial charge on any atom is -0.274 e. The smallest absolute Gasteiger partial charge is 0.261 e. The number of imide groups is 1. The number of aryl methyl sites for hydroxylation is 1. The number of hydroxylamine groups is 1. The van der Waals surface area contributed by atoms with Crippen LogP contribution in [0.15, 0.2) is 18.2 Å². The maximum Gasteiger partial charge on any atom is 0.261 e. The van der Waals surface area contributed by atoms with Gasteiger partial charge in [-0.1, -0.05) is 11.6 Å². The van der Waals surface area contributed by atoms with Crippen LogP contribution in [-0.4, -0.2) is 35.8 Å². The van der Waals surface area contributed by atoms with Gasteiger partial charge < -0.3 is 0 Å². The molecule has 1 aromatic carbocycles. The Balaban J connectivity index is 1.93. The summed E-state index contributed by atoms with van der Waals surface area (Å²) in [6.07, 6.45) is 0.607. The number of benzene rings is 1. The molecule has 3 amide bonds. The van der Waals surface area contributed by atoms with E-state index in [9.17, 15) is 14.4 Å². The van der Waals surface area contributed by atoms with E-state index in [-0.39, 0.29) is 30.7 Å². The second-order valence-electron chi connectivity index (χ2n) is 4.87. The van der Waals surface area contributed by atoms with Crippen LogP contribution in [-0.2, 0) is 9.63 Å². The first-order valence-electron chi connectivity index (χ1n) is 6.92. The zero-order valence-corrected chi connectivity index (χ0v) is 12.1. The Morgan fingerprint density at radius 2 is 1.95 bits per heavy atom. The standard InChI is InChI=1S/C15H18N2O4/c1-3-21-16-13(18)5-4-8-17-14(19)11-7-6-10(2)9-12(11)15(17)20/h6-7,9H,3-5,8H2,1-2H3,(H,16,18). The molecule has 1 aromatic rings. The van der Waals surface area contributed by atoms with E-state index in [0.717, 1.165) is 5.56 Å². The Labute approximate surface area is 123 Å². The second kappa shape index (κ2) is 6.49. The molecule has 6 heteroatoms. The first-order chi connectivity index (χ1) is 10.0. The van der Waals surface area contributed by atoms with E-state index in [2.05, 4.69) is 5.48 Å². The molecule has 0 unspecified atom stereocenters. The predicted molar refractivity (Wildman–Crippen MR) is 75.5 cm³/mol. The minimum absolute atomic E-state index is 0.201. The Hall–Kier alpha value is -2.21. The third kappa shape index (κ3) is 3.28. The number of rotatable bonds is 6. The summed E-state index contributed by atoms with van der Waals surface area (Å²) < 4.78 is 0. The van der Waals surface area contributed by atoms with Crippen molar-refractivity contribution in [3.8, 4) is 0 Å². The molecule has 0 spiro atoms. The average molecular weight is 290 g/mol. The molecule has 6 nitrogen and oxygen atoms in total. The first kappa shape index (κ1) is 15.2. The second-order valence-corrected chi connectivity index (χ2v) is 4.87. The Kier molecular flexibility index (Phi) is 4.70. The molecule has 21 heavy (non-hydrogen) atoms. The van der Waals surface area contributed by atoms with E-state index < -0.39 is 0 Å². The lowest BCUT2D eigenvalue weighted by Gasteiger charge is -2.13. The summed E-state index contributed by atoms with van der Waals surface area (Å²) in [7, 11) is 0. The molecule has 0 bridgehead atoms. The van der Waals surface area contributed by atoms with Crippen molar-refractivity contribution in [1.29, 1.82) is 0 Å². The number of hydrogen-bond donors (Lipinski definition) is 1. The number of hydrogen-bond acceptors (Lipinski definition) is 4. The lowest BCUT2D eigenvalue weighted by molar-refractivity contribution is -0.133. The van der Waals surface area contributed by atoms with Crippen LogP contribution >= 0.6 is 0 Å². The van der Waals surface area contributed by atoms with Crippen LogP contribution in [0.4, 0.5) is 0 Å². The average Bonchev–Trinajstić information content (AvgIpc) is 2.69. The fraction of sp³-hybridized carbons (Fsp3) is 0.400. The minimum atomic E-state index is -0.291. The van der Waals surface area contributed by atoms with Crippen LogP contribution in [0.1, 0.15) is 46.0 Å². The summed E-state index contributed by atoms with van der Waals surface area (Å²) in [6.45, 7) is 4.26. The van der Waals surface area contributed by atoms with Gasteiger partial charge in [-0.25, -0.2) is 5.48 Å². The van der Waals surface area contributed by atoms with Gasteiger partial charge in [0.1, 0.15) is 0 Å². The molecular formula is C15H18N2O4. The van der Waals surface area contributed by atoms with Crippen molar-refractivity contribution < 1.29 is 19.2 Å². The van der Waals surface area contributed by atoms with Gasteiger partial charge in [0.15, 0.2) is 0 Å². The van der Waals surface area contributed by atoms with Gasteiger partial charge in [0, 0.05) is 13.0 Å². The topological polar surface area (TPSA) is 75.7 Å². The zero-order valence-electron chi connectivity index (χ0n) is 12.1. The monoisotopic (exact) mass is 290 g/mol. The molecule has 0 atom stereocenters. The molecule has 2 rings (SSSR count). The van der Waals surface area contributed by atoms with Crippen LogP contribution in [0, 0.1) is 6.92 Å². The lowest BCUT2D eigenvalue weighted by Crippen LogP contribution is -2.32. The Morgan fingerprint density at radius 3 is 2.67 bits per heavy atom. The number of carbonyl (C=O) groups is 3. The third-order valence-electron chi connectivity index (χ3n) is 3.24. The van der Waals surface area contributed by atoms with Crippen LogP contribution in [0.3, 0.4) is 0 Å². The number of nitrogens with zero attached hydrogens (tertiary/aromatic N) is 1. The number of fused-ring (bicyclic) bond motifs is 1. The summed E-state index contributed by atoms with van der Waals surface area (Å²) in [5.74, 6) is -0.839. The van der Waals surface area contributed by atoms with Gasteiger partial charge in [-0.3, -0.25) is 24.1 Å². The Bertz CT molecular complexity index is 583. The van der Waals surface area contributed by atoms with E-state index in [1.54, 1.807) is 19.1 Å². The van der Waals surface area contributed by atoms with Gasteiger partial charge in [0.25, 0.3) is 11.8 Å². The molecule has 112 valence electrons. The molecule has 0 aliphatic carbocycles. The van der Waals surface area contributed by atoms with Gasteiger partial charge in [-0.05, 0) is 32.4 Å². The number of nitrogens with one attached hydrogen (secondary N) is 1. The van der Waals surface area contributed by atoms with Gasteiger partial charge in [0.05, 0.1) is 17.7 Å². The van der Waals surface area contributed by atoms with Gasteiger partial charge >= 0.3 is 0 Å². The first-order valence-corrected chi connectivity index (χ1v) is 6.92. The van der Waals surface area contributed by atoms with Crippen LogP contribution < -0.4 is 5.48 Å². The molecule has 1 N–H and O–H groups in total. The van der Waals surface area contributed by atoms with Crippen molar-refractivity contribution >= 4 is 17.7 Å². The molecular weight excluding hydrogens is 272 g/mol. The molecule has 1 aliphatic rings. The number of amides is 3. The van der Waals surface area contributed by atoms with Crippen molar-refractivity contribution in [2.75, 3.05) is 13.2 Å². The summed E-state index contributed by atoms with van der Waals surface area (Å²) in [5, 5.41) is 0. The Morgan fingerprint density at radius 1 is 1.24 bits per heavy atom. The molecule has 0 aromatic heterocycles. The SMILES string of the molecule is CCONC(=O)CCCN1C(=O)c2ccc(C)cc2C1=O. The highest BCUT2D eigenvalue weighted by Gasteiger charge is 2.34. The van der Waals surface area contributed by atoms with E-state index in [1.807, 2.05) is 13.0 Å². The molecule has 1 heterocycles. The zero-order chi connectivity index (χ0) is 15.4. The van der Waals surface area contributed by atoms with Gasteiger partial charge in [-0.2, -0.15) is 0 Å². The van der Waals surface area contributed by atoms with E-state index in [0.29, 0.717) is 24.2 Å². The number of carbonyl (C=O) groups excluding carboxylic acids is 3. The third-order valence-corrected chi connectivity index (χ3v) is 3.24. The summed E-state index contributed by atoms with van der Waals surface area (Å²) in [5.41, 5.74) is 4.09. The van der Waals surface area contributed by atoms with Crippen LogP contribution in [0.2, 0.25) is 0 Å². The fourth-order valence-electron chi connectivity index (χ4n) is 2.21. The van der Waals surface area contributed by atoms with Crippen LogP contribution in [0.5, 0.6) is 0 Å². The molecule has 0 fully saturated rings. The van der Waals surface area contributed by atoms with Gasteiger partial charge in [-0.15, -0.1) is 0 Å². The lowest BCUT2D eigenvalue weighted by atomic mass is 10.1. The maximum absolute atomic E-state index is 12.2. The summed E-state index contributed by atoms with van der Waals surface area (Å²) >= 11 is 0. The van der Waals surface area contributed by atoms with E-state index in [1.165, 1.54) is 4.90 Å². The molecule has 0 saturated carbocycles. The molecule has 0 saturated heterocycles. The van der Waals surface area contributed by atoms with Crippen molar-refractivity contribution in [2.24, 2.45) is 0 Å². The molecule has 1 aliphatic heterocycles. The highest BCUT2D eigenvalue weighted by atomic mass is 16.6. The fourth-order valence-corrected chi connectivity index (χ4v) is 2.21. The summed E-state index contributed by atoms with van der Waals surface area (Å²) in [4.78, 5) is 41.7. The highest BCUT2D eigenvalue weighted by Crippen LogP contribution is 2.24. The van der Waals surface area contributed by atoms with Crippen LogP contribution in [0.25, 0.3) is 0 Å². The van der Waals surface area contributed by atoms with Gasteiger partial charge in [0.2, 0.25) is 5.91 Å². The quantitative estimate of drug-likeness (QED) is 0.635. The van der Waals surface area contributed by atoms with E-state index in [4.69, 9.17) is 4.84 Å². The highest BCUT2D eigenvalue weighted by molar-refractivity contribution is 6.21. The van der Waals surface area contributed by atoms with Crippen molar-refractivity contribution in [3.63, 3.8) is 0 Å². The largest absolute Gasteiger partial charge is 0.274 e. The molecule has 0 radical (unpaired) electrons. The predicted octanol–water partition coefficient (Wildman–Crippen LogP) is 1.44. The van der Waals surface area contributed by atoms with Crippen molar-refractivity contribution in [1.82, 2.24) is 10.4 Å². The van der Waals surface area contributed by atoms with E-state index >= 15 is 0 Å². The normalized spacial score (nSPS) is 13.5.